The topological polar surface area (TPSA) is 26.3 Å². The smallest absolute Gasteiger partial charge is 0.169 e. The quantitative estimate of drug-likeness (QED) is 0.714. The molecule has 0 spiro atoms. The van der Waals surface area contributed by atoms with Crippen molar-refractivity contribution in [3.63, 3.8) is 0 Å². The van der Waals surface area contributed by atoms with Crippen molar-refractivity contribution in [1.29, 1.82) is 0 Å². The third-order valence-electron chi connectivity index (χ3n) is 2.91. The average Bonchev–Trinajstić information content (AvgIpc) is 2.15. The van der Waals surface area contributed by atoms with E-state index < -0.39 is 5.82 Å². The molecule has 2 rings (SSSR count). The molecule has 3 heteroatoms. The summed E-state index contributed by atoms with van der Waals surface area (Å²) >= 11 is 0. The van der Waals surface area contributed by atoms with Gasteiger partial charge in [0, 0.05) is 5.92 Å². The Kier molecular flexibility index (Phi) is 2.71. The lowest BCUT2D eigenvalue weighted by molar-refractivity contribution is 0.0850. The zero-order valence-corrected chi connectivity index (χ0v) is 8.63. The van der Waals surface area contributed by atoms with Crippen LogP contribution in [0.15, 0.2) is 18.2 Å². The molecule has 2 nitrogen and oxygen atoms in total. The van der Waals surface area contributed by atoms with Gasteiger partial charge in [-0.25, -0.2) is 4.39 Å². The predicted octanol–water partition coefficient (Wildman–Crippen LogP) is 2.82. The molecule has 1 saturated carbocycles. The Hall–Kier alpha value is -1.38. The van der Waals surface area contributed by atoms with Crippen LogP contribution in [0.5, 0.6) is 5.75 Å². The molecule has 0 N–H and O–H groups in total. The Balaban J connectivity index is 2.28. The number of ketones is 1. The van der Waals surface area contributed by atoms with E-state index in [9.17, 15) is 9.18 Å². The van der Waals surface area contributed by atoms with Crippen LogP contribution < -0.4 is 4.74 Å². The first-order valence-electron chi connectivity index (χ1n) is 5.10. The molecule has 0 aromatic heterocycles. The van der Waals surface area contributed by atoms with Crippen molar-refractivity contribution >= 4 is 5.78 Å². The molecular formula is C12H13FO2. The van der Waals surface area contributed by atoms with E-state index in [2.05, 4.69) is 0 Å². The number of halogens is 1. The standard InChI is InChI=1S/C12H13FO2/c1-15-9-5-6-11(13)10(7-9)12(14)8-3-2-4-8/h5-8H,2-4H2,1H3. The number of rotatable bonds is 3. The van der Waals surface area contributed by atoms with Gasteiger partial charge in [0.25, 0.3) is 0 Å². The molecule has 1 aromatic rings. The number of ether oxygens (including phenoxy) is 1. The Morgan fingerprint density at radius 2 is 2.20 bits per heavy atom. The van der Waals surface area contributed by atoms with Gasteiger partial charge in [0.2, 0.25) is 0 Å². The molecule has 1 aliphatic rings. The van der Waals surface area contributed by atoms with E-state index in [1.807, 2.05) is 0 Å². The molecule has 0 saturated heterocycles. The summed E-state index contributed by atoms with van der Waals surface area (Å²) in [6.07, 6.45) is 2.84. The van der Waals surface area contributed by atoms with Crippen molar-refractivity contribution in [2.45, 2.75) is 19.3 Å². The normalized spacial score (nSPS) is 15.9. The van der Waals surface area contributed by atoms with Crippen molar-refractivity contribution in [2.24, 2.45) is 5.92 Å². The monoisotopic (exact) mass is 208 g/mol. The average molecular weight is 208 g/mol. The Bertz CT molecular complexity index is 383. The lowest BCUT2D eigenvalue weighted by atomic mass is 9.80. The molecule has 0 unspecified atom stereocenters. The summed E-state index contributed by atoms with van der Waals surface area (Å²) in [6.45, 7) is 0. The van der Waals surface area contributed by atoms with E-state index in [1.54, 1.807) is 0 Å². The van der Waals surface area contributed by atoms with E-state index in [1.165, 1.54) is 25.3 Å². The highest BCUT2D eigenvalue weighted by molar-refractivity contribution is 5.98. The highest BCUT2D eigenvalue weighted by atomic mass is 19.1. The largest absolute Gasteiger partial charge is 0.497 e. The van der Waals surface area contributed by atoms with Crippen molar-refractivity contribution in [3.8, 4) is 5.75 Å². The SMILES string of the molecule is COc1ccc(F)c(C(=O)C2CCC2)c1. The van der Waals surface area contributed by atoms with Gasteiger partial charge in [0.1, 0.15) is 11.6 Å². The first-order valence-corrected chi connectivity index (χ1v) is 5.10. The van der Waals surface area contributed by atoms with Crippen LogP contribution in [0.4, 0.5) is 4.39 Å². The zero-order chi connectivity index (χ0) is 10.8. The van der Waals surface area contributed by atoms with Crippen molar-refractivity contribution in [3.05, 3.63) is 29.6 Å². The van der Waals surface area contributed by atoms with Crippen LogP contribution in [0.1, 0.15) is 29.6 Å². The summed E-state index contributed by atoms with van der Waals surface area (Å²) in [5.74, 6) is 0.0102. The fraction of sp³-hybridized carbons (Fsp3) is 0.417. The van der Waals surface area contributed by atoms with Crippen LogP contribution in [0.3, 0.4) is 0 Å². The second-order valence-corrected chi connectivity index (χ2v) is 3.84. The van der Waals surface area contributed by atoms with E-state index >= 15 is 0 Å². The molecular weight excluding hydrogens is 195 g/mol. The van der Waals surface area contributed by atoms with Crippen molar-refractivity contribution < 1.29 is 13.9 Å². The number of methoxy groups -OCH3 is 1. The van der Waals surface area contributed by atoms with Gasteiger partial charge in [0.05, 0.1) is 12.7 Å². The van der Waals surface area contributed by atoms with E-state index in [0.29, 0.717) is 5.75 Å². The Morgan fingerprint density at radius 1 is 1.47 bits per heavy atom. The Morgan fingerprint density at radius 3 is 2.73 bits per heavy atom. The number of hydrogen-bond acceptors (Lipinski definition) is 2. The first-order chi connectivity index (χ1) is 7.22. The Labute approximate surface area is 88.1 Å². The number of benzene rings is 1. The van der Waals surface area contributed by atoms with Gasteiger partial charge in [-0.15, -0.1) is 0 Å². The van der Waals surface area contributed by atoms with Crippen LogP contribution in [-0.4, -0.2) is 12.9 Å². The van der Waals surface area contributed by atoms with E-state index in [-0.39, 0.29) is 17.3 Å². The maximum Gasteiger partial charge on any atom is 0.169 e. The molecule has 0 heterocycles. The summed E-state index contributed by atoms with van der Waals surface area (Å²) in [6, 6.07) is 4.29. The van der Waals surface area contributed by atoms with Crippen LogP contribution >= 0.6 is 0 Å². The fourth-order valence-electron chi connectivity index (χ4n) is 1.71. The second-order valence-electron chi connectivity index (χ2n) is 3.84. The molecule has 80 valence electrons. The second kappa shape index (κ2) is 4.01. The first kappa shape index (κ1) is 10.1. The fourth-order valence-corrected chi connectivity index (χ4v) is 1.71. The number of Topliss-reactive ketones (excluding diaryl/α,β-unsaturated/α-hetero) is 1. The van der Waals surface area contributed by atoms with Gasteiger partial charge < -0.3 is 4.74 Å². The van der Waals surface area contributed by atoms with Gasteiger partial charge in [-0.1, -0.05) is 6.42 Å². The molecule has 0 radical (unpaired) electrons. The van der Waals surface area contributed by atoms with E-state index in [0.717, 1.165) is 19.3 Å². The lowest BCUT2D eigenvalue weighted by Gasteiger charge is -2.24. The minimum atomic E-state index is -0.451. The van der Waals surface area contributed by atoms with Gasteiger partial charge in [0.15, 0.2) is 5.78 Å². The minimum Gasteiger partial charge on any atom is -0.497 e. The third kappa shape index (κ3) is 1.87. The summed E-state index contributed by atoms with van der Waals surface area (Å²) in [7, 11) is 1.50. The molecule has 0 atom stereocenters. The summed E-state index contributed by atoms with van der Waals surface area (Å²) in [5.41, 5.74) is 0.166. The van der Waals surface area contributed by atoms with Crippen LogP contribution in [0.25, 0.3) is 0 Å². The maximum atomic E-state index is 13.4. The highest BCUT2D eigenvalue weighted by Crippen LogP contribution is 2.31. The number of carbonyl (C=O) groups is 1. The van der Waals surface area contributed by atoms with Crippen LogP contribution in [-0.2, 0) is 0 Å². The van der Waals surface area contributed by atoms with E-state index in [4.69, 9.17) is 4.74 Å². The summed E-state index contributed by atoms with van der Waals surface area (Å²) in [5, 5.41) is 0. The van der Waals surface area contributed by atoms with Crippen LogP contribution in [0, 0.1) is 11.7 Å². The molecule has 1 fully saturated rings. The zero-order valence-electron chi connectivity index (χ0n) is 8.63. The van der Waals surface area contributed by atoms with Gasteiger partial charge >= 0.3 is 0 Å². The molecule has 1 aliphatic carbocycles. The number of hydrogen-bond donors (Lipinski definition) is 0. The molecule has 0 aliphatic heterocycles. The maximum absolute atomic E-state index is 13.4. The van der Waals surface area contributed by atoms with Crippen molar-refractivity contribution in [1.82, 2.24) is 0 Å². The molecule has 0 amide bonds. The molecule has 15 heavy (non-hydrogen) atoms. The summed E-state index contributed by atoms with van der Waals surface area (Å²) < 4.78 is 18.4. The number of carbonyl (C=O) groups excluding carboxylic acids is 1. The van der Waals surface area contributed by atoms with Gasteiger partial charge in [-0.05, 0) is 31.0 Å². The third-order valence-corrected chi connectivity index (χ3v) is 2.91. The summed E-state index contributed by atoms with van der Waals surface area (Å²) in [4.78, 5) is 11.8. The lowest BCUT2D eigenvalue weighted by Crippen LogP contribution is -2.22. The molecule has 1 aromatic carbocycles. The van der Waals surface area contributed by atoms with Gasteiger partial charge in [-0.2, -0.15) is 0 Å². The highest BCUT2D eigenvalue weighted by Gasteiger charge is 2.28. The minimum absolute atomic E-state index is 0.0200. The van der Waals surface area contributed by atoms with Crippen LogP contribution in [0.2, 0.25) is 0 Å². The van der Waals surface area contributed by atoms with Crippen molar-refractivity contribution in [2.75, 3.05) is 7.11 Å². The molecule has 0 bridgehead atoms. The van der Waals surface area contributed by atoms with Gasteiger partial charge in [-0.3, -0.25) is 4.79 Å². The predicted molar refractivity (Wildman–Crippen MR) is 54.6 cm³/mol.